The Morgan fingerprint density at radius 2 is 1.50 bits per heavy atom. The predicted octanol–water partition coefficient (Wildman–Crippen LogP) is 11.2. The van der Waals surface area contributed by atoms with Crippen molar-refractivity contribution in [3.63, 3.8) is 0 Å². The monoisotopic (exact) mass is 598 g/mol. The minimum Gasteiger partial charge on any atom is -0.368 e. The Labute approximate surface area is 274 Å². The minimum atomic E-state index is 0.179. The number of likely N-dealkylation sites (N-methyl/N-ethyl adjacent to an activating group) is 1. The summed E-state index contributed by atoms with van der Waals surface area (Å²) >= 11 is 0. The second-order valence-electron chi connectivity index (χ2n) is 12.7. The first-order valence-corrected chi connectivity index (χ1v) is 16.5. The summed E-state index contributed by atoms with van der Waals surface area (Å²) in [6.45, 7) is 6.69. The molecule has 0 aromatic heterocycles. The number of rotatable bonds is 4. The zero-order valence-corrected chi connectivity index (χ0v) is 26.8. The van der Waals surface area contributed by atoms with Gasteiger partial charge in [0.2, 0.25) is 0 Å². The van der Waals surface area contributed by atoms with Gasteiger partial charge in [-0.25, -0.2) is 0 Å². The highest BCUT2D eigenvalue weighted by molar-refractivity contribution is 5.87. The Hall–Kier alpha value is -5.08. The highest BCUT2D eigenvalue weighted by Gasteiger charge is 2.27. The van der Waals surface area contributed by atoms with Gasteiger partial charge in [0.15, 0.2) is 0 Å². The van der Waals surface area contributed by atoms with Crippen molar-refractivity contribution < 1.29 is 0 Å². The molecule has 46 heavy (non-hydrogen) atoms. The molecular weight excluding hydrogens is 556 g/mol. The molecule has 0 spiro atoms. The lowest BCUT2D eigenvalue weighted by molar-refractivity contribution is 0.338. The van der Waals surface area contributed by atoms with Crippen LogP contribution in [0.4, 0.5) is 11.4 Å². The fourth-order valence-electron chi connectivity index (χ4n) is 7.15. The third-order valence-electron chi connectivity index (χ3n) is 9.91. The van der Waals surface area contributed by atoms with Crippen molar-refractivity contribution in [2.75, 3.05) is 11.9 Å². The van der Waals surface area contributed by atoms with Gasteiger partial charge in [0, 0.05) is 30.0 Å². The normalized spacial score (nSPS) is 23.9. The van der Waals surface area contributed by atoms with E-state index in [0.717, 1.165) is 18.5 Å². The van der Waals surface area contributed by atoms with Crippen LogP contribution < -0.4 is 4.90 Å². The molecule has 0 fully saturated rings. The largest absolute Gasteiger partial charge is 0.368 e. The summed E-state index contributed by atoms with van der Waals surface area (Å²) in [5.41, 5.74) is 8.75. The lowest BCUT2D eigenvalue weighted by Crippen LogP contribution is -2.30. The van der Waals surface area contributed by atoms with E-state index in [2.05, 4.69) is 188 Å². The van der Waals surface area contributed by atoms with Gasteiger partial charge in [0.05, 0.1) is 12.1 Å². The zero-order valence-electron chi connectivity index (χ0n) is 26.8. The van der Waals surface area contributed by atoms with Crippen LogP contribution in [0.2, 0.25) is 0 Å². The summed E-state index contributed by atoms with van der Waals surface area (Å²) in [5, 5.41) is 2.52. The van der Waals surface area contributed by atoms with Crippen molar-refractivity contribution in [3.05, 3.63) is 187 Å². The molecule has 4 aromatic carbocycles. The number of hydrogen-bond acceptors (Lipinski definition) is 2. The van der Waals surface area contributed by atoms with Gasteiger partial charge in [-0.1, -0.05) is 128 Å². The summed E-state index contributed by atoms with van der Waals surface area (Å²) in [6, 6.07) is 33.7. The minimum absolute atomic E-state index is 0.179. The molecule has 1 aliphatic heterocycles. The van der Waals surface area contributed by atoms with E-state index in [-0.39, 0.29) is 12.1 Å². The first-order valence-electron chi connectivity index (χ1n) is 16.5. The van der Waals surface area contributed by atoms with Gasteiger partial charge in [-0.15, -0.1) is 0 Å². The van der Waals surface area contributed by atoms with Crippen LogP contribution in [0.25, 0.3) is 16.3 Å². The van der Waals surface area contributed by atoms with Crippen molar-refractivity contribution in [1.82, 2.24) is 4.90 Å². The zero-order chi connectivity index (χ0) is 31.5. The Kier molecular flexibility index (Phi) is 8.44. The number of hydrogen-bond donors (Lipinski definition) is 0. The quantitative estimate of drug-likeness (QED) is 0.231. The maximum Gasteiger partial charge on any atom is 0.0560 e. The molecule has 0 saturated carbocycles. The van der Waals surface area contributed by atoms with Crippen molar-refractivity contribution in [1.29, 1.82) is 0 Å². The topological polar surface area (TPSA) is 6.48 Å². The average Bonchev–Trinajstić information content (AvgIpc) is 3.11. The van der Waals surface area contributed by atoms with E-state index in [0.29, 0.717) is 11.8 Å². The molecule has 0 saturated heterocycles. The maximum absolute atomic E-state index is 4.38. The lowest BCUT2D eigenvalue weighted by atomic mass is 9.77. The standard InChI is InChI=1S/C44H42N2/c1-32-14-6-4-7-16-36-17-12-13-21-42(36)43-29-25-38(31-44(43)33(2)45(32)3)35-22-26-40(27-23-35)46(39-19-8-5-9-20-39)41-28-24-34-15-10-11-18-37(34)30-41/h4-15,17-26,28-31,33,36,40,42H,1,16,27H2,2-3H3/b7-4-,14-6-. The summed E-state index contributed by atoms with van der Waals surface area (Å²) in [7, 11) is 2.16. The molecule has 3 aliphatic rings. The van der Waals surface area contributed by atoms with E-state index in [9.17, 15) is 0 Å². The SMILES string of the molecule is C=C1/C=C\C=C/CC2C=CC=CC2c2ccc(C3=CCC(N(c4ccccc4)c4ccc5ccccc5c4)C=C3)cc2C(C)N1C. The number of anilines is 2. The van der Waals surface area contributed by atoms with Crippen molar-refractivity contribution in [2.24, 2.45) is 5.92 Å². The van der Waals surface area contributed by atoms with E-state index in [1.165, 1.54) is 44.4 Å². The van der Waals surface area contributed by atoms with Gasteiger partial charge in [-0.3, -0.25) is 0 Å². The van der Waals surface area contributed by atoms with Crippen LogP contribution in [0.3, 0.4) is 0 Å². The number of para-hydroxylation sites is 1. The fourth-order valence-corrected chi connectivity index (χ4v) is 7.15. The van der Waals surface area contributed by atoms with Crippen molar-refractivity contribution in [2.45, 2.75) is 37.8 Å². The second kappa shape index (κ2) is 13.1. The number of nitrogens with zero attached hydrogens (tertiary/aromatic N) is 2. The Balaban J connectivity index is 1.23. The van der Waals surface area contributed by atoms with Gasteiger partial charge in [0.25, 0.3) is 0 Å². The fraction of sp³-hybridized carbons (Fsp3) is 0.182. The molecule has 4 aromatic rings. The highest BCUT2D eigenvalue weighted by atomic mass is 15.2. The molecule has 7 rings (SSSR count). The van der Waals surface area contributed by atoms with Crippen LogP contribution >= 0.6 is 0 Å². The molecule has 4 unspecified atom stereocenters. The molecule has 0 radical (unpaired) electrons. The van der Waals surface area contributed by atoms with E-state index < -0.39 is 0 Å². The smallest absolute Gasteiger partial charge is 0.0560 e. The van der Waals surface area contributed by atoms with Gasteiger partial charge in [0.1, 0.15) is 0 Å². The molecular formula is C44H42N2. The molecule has 1 heterocycles. The molecule has 2 heteroatoms. The summed E-state index contributed by atoms with van der Waals surface area (Å²) in [4.78, 5) is 4.77. The van der Waals surface area contributed by atoms with E-state index >= 15 is 0 Å². The molecule has 0 amide bonds. The van der Waals surface area contributed by atoms with Crippen LogP contribution in [-0.2, 0) is 0 Å². The van der Waals surface area contributed by atoms with Gasteiger partial charge >= 0.3 is 0 Å². The van der Waals surface area contributed by atoms with Crippen LogP contribution in [0, 0.1) is 5.92 Å². The van der Waals surface area contributed by atoms with Crippen LogP contribution in [0.15, 0.2) is 170 Å². The first kappa shape index (κ1) is 29.6. The number of fused-ring (bicyclic) bond motifs is 4. The van der Waals surface area contributed by atoms with Crippen LogP contribution in [0.1, 0.15) is 48.4 Å². The number of allylic oxidation sites excluding steroid dienone is 10. The first-order chi connectivity index (χ1) is 22.6. The van der Waals surface area contributed by atoms with Crippen LogP contribution in [0.5, 0.6) is 0 Å². The van der Waals surface area contributed by atoms with E-state index in [4.69, 9.17) is 0 Å². The molecule has 228 valence electrons. The predicted molar refractivity (Wildman–Crippen MR) is 197 cm³/mol. The van der Waals surface area contributed by atoms with Gasteiger partial charge in [-0.2, -0.15) is 0 Å². The maximum atomic E-state index is 4.38. The van der Waals surface area contributed by atoms with Crippen molar-refractivity contribution >= 4 is 27.7 Å². The average molecular weight is 599 g/mol. The van der Waals surface area contributed by atoms with E-state index in [1.54, 1.807) is 0 Å². The Morgan fingerprint density at radius 3 is 2.33 bits per heavy atom. The lowest BCUT2D eigenvalue weighted by Gasteiger charge is -2.34. The van der Waals surface area contributed by atoms with Gasteiger partial charge < -0.3 is 9.80 Å². The number of benzene rings is 4. The van der Waals surface area contributed by atoms with E-state index in [1.807, 2.05) is 0 Å². The second-order valence-corrected chi connectivity index (χ2v) is 12.7. The Bertz CT molecular complexity index is 1920. The molecule has 2 nitrogen and oxygen atoms in total. The van der Waals surface area contributed by atoms with Crippen molar-refractivity contribution in [3.8, 4) is 0 Å². The molecule has 0 N–H and O–H groups in total. The van der Waals surface area contributed by atoms with Crippen LogP contribution in [-0.4, -0.2) is 18.0 Å². The summed E-state index contributed by atoms with van der Waals surface area (Å²) in [6.07, 6.45) is 26.9. The molecule has 0 bridgehead atoms. The molecule has 4 atom stereocenters. The highest BCUT2D eigenvalue weighted by Crippen LogP contribution is 2.41. The Morgan fingerprint density at radius 1 is 0.696 bits per heavy atom. The third-order valence-corrected chi connectivity index (χ3v) is 9.91. The molecule has 2 aliphatic carbocycles. The summed E-state index contributed by atoms with van der Waals surface area (Å²) in [5.74, 6) is 0.779. The third kappa shape index (κ3) is 5.96. The van der Waals surface area contributed by atoms with Gasteiger partial charge in [-0.05, 0) is 95.1 Å². The summed E-state index contributed by atoms with van der Waals surface area (Å²) < 4.78 is 0.